The monoisotopic (exact) mass is 338 g/mol. The summed E-state index contributed by atoms with van der Waals surface area (Å²) in [5.74, 6) is 0.549. The first-order valence-corrected chi connectivity index (χ1v) is 9.10. The minimum atomic E-state index is -0.0539. The normalized spacial score (nSPS) is 16.6. The van der Waals surface area contributed by atoms with Crippen LogP contribution in [0.15, 0.2) is 53.5 Å². The highest BCUT2D eigenvalue weighted by atomic mass is 16.2. The molecule has 0 bridgehead atoms. The molecule has 1 aromatic carbocycles. The number of benzene rings is 1. The van der Waals surface area contributed by atoms with Crippen LogP contribution in [0.4, 0.5) is 0 Å². The Labute approximate surface area is 149 Å². The van der Waals surface area contributed by atoms with E-state index >= 15 is 0 Å². The van der Waals surface area contributed by atoms with Gasteiger partial charge < -0.3 is 9.47 Å². The van der Waals surface area contributed by atoms with Gasteiger partial charge in [-0.3, -0.25) is 9.59 Å². The van der Waals surface area contributed by atoms with E-state index in [1.807, 2.05) is 47.5 Å². The largest absolute Gasteiger partial charge is 0.342 e. The summed E-state index contributed by atoms with van der Waals surface area (Å²) in [4.78, 5) is 26.8. The molecule has 1 atom stereocenters. The Morgan fingerprint density at radius 1 is 1.16 bits per heavy atom. The Kier molecular flexibility index (Phi) is 5.37. The van der Waals surface area contributed by atoms with Crippen LogP contribution in [0.3, 0.4) is 0 Å². The van der Waals surface area contributed by atoms with Crippen molar-refractivity contribution in [2.75, 3.05) is 13.1 Å². The smallest absolute Gasteiger partial charge is 0.250 e. The highest BCUT2D eigenvalue weighted by molar-refractivity contribution is 5.83. The molecule has 1 aliphatic heterocycles. The van der Waals surface area contributed by atoms with E-state index in [2.05, 4.69) is 6.92 Å². The number of rotatable bonds is 4. The number of hydrogen-bond donors (Lipinski definition) is 0. The Bertz CT molecular complexity index is 774. The zero-order valence-corrected chi connectivity index (χ0v) is 15.0. The number of carbonyl (C=O) groups excluding carboxylic acids is 1. The highest BCUT2D eigenvalue weighted by Crippen LogP contribution is 2.30. The molecule has 2 heterocycles. The van der Waals surface area contributed by atoms with Crippen molar-refractivity contribution in [3.8, 4) is 0 Å². The molecule has 2 aromatic rings. The van der Waals surface area contributed by atoms with Crippen molar-refractivity contribution in [2.24, 2.45) is 7.05 Å². The highest BCUT2D eigenvalue weighted by Gasteiger charge is 2.28. The van der Waals surface area contributed by atoms with Gasteiger partial charge in [-0.05, 0) is 42.4 Å². The van der Waals surface area contributed by atoms with Gasteiger partial charge in [0, 0.05) is 32.4 Å². The van der Waals surface area contributed by atoms with Gasteiger partial charge in [-0.25, -0.2) is 0 Å². The molecule has 4 heteroatoms. The van der Waals surface area contributed by atoms with E-state index in [9.17, 15) is 9.59 Å². The fourth-order valence-corrected chi connectivity index (χ4v) is 3.71. The van der Waals surface area contributed by atoms with Crippen LogP contribution >= 0.6 is 0 Å². The third kappa shape index (κ3) is 3.84. The molecular formula is C21H26N2O2. The van der Waals surface area contributed by atoms with Gasteiger partial charge in [-0.2, -0.15) is 0 Å². The number of nitrogens with zero attached hydrogens (tertiary/aromatic N) is 2. The van der Waals surface area contributed by atoms with Crippen LogP contribution in [0.1, 0.15) is 49.1 Å². The van der Waals surface area contributed by atoms with Crippen molar-refractivity contribution in [1.29, 1.82) is 0 Å². The van der Waals surface area contributed by atoms with Crippen LogP contribution in [-0.2, 0) is 11.8 Å². The zero-order valence-electron chi connectivity index (χ0n) is 15.0. The Balaban J connectivity index is 1.66. The maximum absolute atomic E-state index is 12.9. The van der Waals surface area contributed by atoms with Crippen molar-refractivity contribution < 1.29 is 4.79 Å². The van der Waals surface area contributed by atoms with Crippen LogP contribution in [0.25, 0.3) is 0 Å². The standard InChI is InChI=1S/C21H26N2O2/c1-3-19(17-7-5-4-6-8-17)21(25)23-13-10-16(11-14-23)18-9-12-22(2)20(24)15-18/h4-9,12,15-16,19H,3,10-11,13-14H2,1-2H3. The first kappa shape index (κ1) is 17.5. The molecule has 3 rings (SSSR count). The summed E-state index contributed by atoms with van der Waals surface area (Å²) in [6.45, 7) is 3.60. The van der Waals surface area contributed by atoms with E-state index in [-0.39, 0.29) is 17.4 Å². The second-order valence-electron chi connectivity index (χ2n) is 6.88. The van der Waals surface area contributed by atoms with Crippen molar-refractivity contribution >= 4 is 5.91 Å². The van der Waals surface area contributed by atoms with Crippen molar-refractivity contribution in [3.63, 3.8) is 0 Å². The lowest BCUT2D eigenvalue weighted by molar-refractivity contribution is -0.134. The lowest BCUT2D eigenvalue weighted by Gasteiger charge is -2.34. The molecule has 4 nitrogen and oxygen atoms in total. The third-order valence-electron chi connectivity index (χ3n) is 5.31. The third-order valence-corrected chi connectivity index (χ3v) is 5.31. The molecule has 0 radical (unpaired) electrons. The van der Waals surface area contributed by atoms with Crippen molar-refractivity contribution in [3.05, 3.63) is 70.1 Å². The van der Waals surface area contributed by atoms with Gasteiger partial charge in [0.1, 0.15) is 0 Å². The number of hydrogen-bond acceptors (Lipinski definition) is 2. The first-order chi connectivity index (χ1) is 12.1. The van der Waals surface area contributed by atoms with Crippen LogP contribution < -0.4 is 5.56 Å². The molecule has 1 unspecified atom stereocenters. The lowest BCUT2D eigenvalue weighted by atomic mass is 9.88. The molecule has 1 aliphatic rings. The zero-order chi connectivity index (χ0) is 17.8. The molecule has 1 aromatic heterocycles. The average molecular weight is 338 g/mol. The molecule has 0 aliphatic carbocycles. The summed E-state index contributed by atoms with van der Waals surface area (Å²) in [6.07, 6.45) is 4.49. The van der Waals surface area contributed by atoms with E-state index in [4.69, 9.17) is 0 Å². The van der Waals surface area contributed by atoms with Gasteiger partial charge in [-0.15, -0.1) is 0 Å². The lowest BCUT2D eigenvalue weighted by Crippen LogP contribution is -2.40. The molecule has 0 saturated carbocycles. The second-order valence-corrected chi connectivity index (χ2v) is 6.88. The van der Waals surface area contributed by atoms with Gasteiger partial charge in [0.05, 0.1) is 5.92 Å². The molecule has 1 amide bonds. The summed E-state index contributed by atoms with van der Waals surface area (Å²) < 4.78 is 1.59. The van der Waals surface area contributed by atoms with E-state index in [0.29, 0.717) is 5.92 Å². The van der Waals surface area contributed by atoms with Crippen LogP contribution in [0.2, 0.25) is 0 Å². The molecule has 1 saturated heterocycles. The van der Waals surface area contributed by atoms with Crippen molar-refractivity contribution in [2.45, 2.75) is 38.0 Å². The number of amides is 1. The van der Waals surface area contributed by atoms with E-state index < -0.39 is 0 Å². The molecule has 25 heavy (non-hydrogen) atoms. The maximum Gasteiger partial charge on any atom is 0.250 e. The first-order valence-electron chi connectivity index (χ1n) is 9.10. The van der Waals surface area contributed by atoms with Crippen LogP contribution in [0.5, 0.6) is 0 Å². The number of pyridine rings is 1. The molecule has 132 valence electrons. The molecule has 0 spiro atoms. The topological polar surface area (TPSA) is 42.3 Å². The second kappa shape index (κ2) is 7.68. The number of piperidine rings is 1. The Morgan fingerprint density at radius 3 is 2.44 bits per heavy atom. The SMILES string of the molecule is CCC(C(=O)N1CCC(c2ccn(C)c(=O)c2)CC1)c1ccccc1. The van der Waals surface area contributed by atoms with Crippen molar-refractivity contribution in [1.82, 2.24) is 9.47 Å². The van der Waals surface area contributed by atoms with Gasteiger partial charge in [0.2, 0.25) is 5.91 Å². The summed E-state index contributed by atoms with van der Waals surface area (Å²) >= 11 is 0. The Morgan fingerprint density at radius 2 is 1.84 bits per heavy atom. The fourth-order valence-electron chi connectivity index (χ4n) is 3.71. The number of carbonyl (C=O) groups is 1. The predicted octanol–water partition coefficient (Wildman–Crippen LogP) is 3.29. The predicted molar refractivity (Wildman–Crippen MR) is 99.7 cm³/mol. The molecule has 1 fully saturated rings. The number of likely N-dealkylation sites (tertiary alicyclic amines) is 1. The number of aryl methyl sites for hydroxylation is 1. The summed E-state index contributed by atoms with van der Waals surface area (Å²) in [5.41, 5.74) is 2.24. The van der Waals surface area contributed by atoms with E-state index in [1.165, 1.54) is 0 Å². The summed E-state index contributed by atoms with van der Waals surface area (Å²) in [6, 6.07) is 13.8. The molecular weight excluding hydrogens is 312 g/mol. The van der Waals surface area contributed by atoms with Gasteiger partial charge in [-0.1, -0.05) is 37.3 Å². The van der Waals surface area contributed by atoms with E-state index in [0.717, 1.165) is 43.5 Å². The van der Waals surface area contributed by atoms with Gasteiger partial charge in [0.25, 0.3) is 5.56 Å². The van der Waals surface area contributed by atoms with Crippen LogP contribution in [0, 0.1) is 0 Å². The number of aromatic nitrogens is 1. The minimum Gasteiger partial charge on any atom is -0.342 e. The summed E-state index contributed by atoms with van der Waals surface area (Å²) in [7, 11) is 1.77. The summed E-state index contributed by atoms with van der Waals surface area (Å²) in [5, 5.41) is 0. The van der Waals surface area contributed by atoms with Gasteiger partial charge in [0.15, 0.2) is 0 Å². The average Bonchev–Trinajstić information content (AvgIpc) is 2.65. The van der Waals surface area contributed by atoms with Gasteiger partial charge >= 0.3 is 0 Å². The minimum absolute atomic E-state index is 0.0335. The van der Waals surface area contributed by atoms with Crippen LogP contribution in [-0.4, -0.2) is 28.5 Å². The Hall–Kier alpha value is -2.36. The van der Waals surface area contributed by atoms with E-state index in [1.54, 1.807) is 17.7 Å². The maximum atomic E-state index is 12.9. The quantitative estimate of drug-likeness (QED) is 0.858. The fraction of sp³-hybridized carbons (Fsp3) is 0.429. The molecule has 0 N–H and O–H groups in total.